The molecule has 0 spiro atoms. The Bertz CT molecular complexity index is 1650. The number of H-pyrrole nitrogens is 1. The topological polar surface area (TPSA) is 51.1 Å². The fourth-order valence-corrected chi connectivity index (χ4v) is 7.09. The molecule has 3 aromatic carbocycles. The third-order valence-electron chi connectivity index (χ3n) is 8.45. The summed E-state index contributed by atoms with van der Waals surface area (Å²) >= 11 is 18.1. The van der Waals surface area contributed by atoms with Crippen LogP contribution in [0, 0.1) is 10.8 Å². The molecule has 2 atom stereocenters. The first-order valence-corrected chi connectivity index (χ1v) is 15.9. The van der Waals surface area contributed by atoms with Gasteiger partial charge < -0.3 is 9.26 Å². The predicted octanol–water partition coefficient (Wildman–Crippen LogP) is 10.7. The van der Waals surface area contributed by atoms with Crippen LogP contribution in [0.5, 0.6) is 5.75 Å². The van der Waals surface area contributed by atoms with Gasteiger partial charge in [-0.2, -0.15) is 4.98 Å². The second-order valence-electron chi connectivity index (χ2n) is 11.3. The van der Waals surface area contributed by atoms with Crippen molar-refractivity contribution in [1.29, 1.82) is 0 Å². The molecule has 4 aromatic rings. The molecule has 2 aliphatic rings. The quantitative estimate of drug-likeness (QED) is 0.149. The van der Waals surface area contributed by atoms with E-state index in [-0.39, 0.29) is 17.6 Å². The molecule has 0 saturated heterocycles. The van der Waals surface area contributed by atoms with Crippen LogP contribution < -0.4 is 4.74 Å². The summed E-state index contributed by atoms with van der Waals surface area (Å²) in [6, 6.07) is 20.6. The second-order valence-corrected chi connectivity index (χ2v) is 12.5. The third kappa shape index (κ3) is 6.51. The summed E-state index contributed by atoms with van der Waals surface area (Å²) in [5, 5.41) is 4.09. The van der Waals surface area contributed by atoms with E-state index in [0.717, 1.165) is 79.4 Å². The Morgan fingerprint density at radius 3 is 2.52 bits per heavy atom. The molecule has 218 valence electrons. The Labute approximate surface area is 260 Å². The van der Waals surface area contributed by atoms with E-state index in [1.54, 1.807) is 0 Å². The van der Waals surface area contributed by atoms with Crippen LogP contribution in [0.3, 0.4) is 0 Å². The zero-order valence-electron chi connectivity index (χ0n) is 23.3. The first-order valence-electron chi connectivity index (χ1n) is 14.7. The second kappa shape index (κ2) is 13.2. The molecule has 6 rings (SSSR count). The number of aryl methyl sites for hydroxylation is 1. The van der Waals surface area contributed by atoms with Crippen LogP contribution >= 0.6 is 35.4 Å². The summed E-state index contributed by atoms with van der Waals surface area (Å²) in [6.07, 6.45) is 8.96. The van der Waals surface area contributed by atoms with E-state index in [1.807, 2.05) is 18.2 Å². The molecular formula is C34H33Cl2FN2O2S. The summed E-state index contributed by atoms with van der Waals surface area (Å²) < 4.78 is 24.1. The molecule has 0 aliphatic heterocycles. The van der Waals surface area contributed by atoms with E-state index in [1.165, 1.54) is 16.7 Å². The smallest absolute Gasteiger partial charge is 0.314 e. The molecule has 42 heavy (non-hydrogen) atoms. The maximum absolute atomic E-state index is 12.5. The Hall–Kier alpha value is -2.93. The van der Waals surface area contributed by atoms with Crippen LogP contribution in [0.25, 0.3) is 22.5 Å². The normalized spacial score (nSPS) is 18.6. The van der Waals surface area contributed by atoms with Crippen molar-refractivity contribution >= 4 is 46.6 Å². The van der Waals surface area contributed by atoms with Gasteiger partial charge in [-0.1, -0.05) is 66.4 Å². The zero-order chi connectivity index (χ0) is 29.1. The van der Waals surface area contributed by atoms with Crippen LogP contribution in [0.4, 0.5) is 4.39 Å². The number of aromatic amines is 1. The fraction of sp³-hybridized carbons (Fsp3) is 0.353. The molecule has 0 amide bonds. The molecule has 1 aromatic heterocycles. The third-order valence-corrected chi connectivity index (χ3v) is 9.17. The molecule has 1 saturated carbocycles. The molecule has 1 fully saturated rings. The van der Waals surface area contributed by atoms with Crippen LogP contribution in [-0.4, -0.2) is 22.9 Å². The summed E-state index contributed by atoms with van der Waals surface area (Å²) in [5.41, 5.74) is 7.80. The number of halogens is 3. The summed E-state index contributed by atoms with van der Waals surface area (Å²) in [6.45, 7) is -0.219. The van der Waals surface area contributed by atoms with Crippen molar-refractivity contribution in [3.8, 4) is 17.1 Å². The van der Waals surface area contributed by atoms with Gasteiger partial charge in [0.1, 0.15) is 5.75 Å². The monoisotopic (exact) mass is 622 g/mol. The zero-order valence-corrected chi connectivity index (χ0v) is 25.6. The van der Waals surface area contributed by atoms with E-state index >= 15 is 0 Å². The Morgan fingerprint density at radius 1 is 0.952 bits per heavy atom. The van der Waals surface area contributed by atoms with E-state index < -0.39 is 0 Å². The number of allylic oxidation sites excluding steroid dienone is 1. The number of fused-ring (bicyclic) bond motifs is 1. The minimum Gasteiger partial charge on any atom is -0.490 e. The molecule has 4 nitrogen and oxygen atoms in total. The number of alkyl halides is 1. The average molecular weight is 624 g/mol. The van der Waals surface area contributed by atoms with Crippen molar-refractivity contribution in [3.63, 3.8) is 0 Å². The first-order chi connectivity index (χ1) is 20.5. The van der Waals surface area contributed by atoms with Gasteiger partial charge >= 0.3 is 4.84 Å². The van der Waals surface area contributed by atoms with E-state index in [0.29, 0.717) is 28.2 Å². The molecule has 1 heterocycles. The molecule has 1 N–H and O–H groups in total. The van der Waals surface area contributed by atoms with Crippen molar-refractivity contribution < 1.29 is 13.7 Å². The van der Waals surface area contributed by atoms with Gasteiger partial charge in [0.25, 0.3) is 0 Å². The van der Waals surface area contributed by atoms with Gasteiger partial charge in [0.15, 0.2) is 5.82 Å². The highest BCUT2D eigenvalue weighted by Crippen LogP contribution is 2.43. The number of nitrogens with zero attached hydrogens (tertiary/aromatic N) is 1. The fourth-order valence-electron chi connectivity index (χ4n) is 6.44. The largest absolute Gasteiger partial charge is 0.490 e. The van der Waals surface area contributed by atoms with Crippen molar-refractivity contribution in [2.45, 2.75) is 63.9 Å². The van der Waals surface area contributed by atoms with Crippen LogP contribution in [-0.2, 0) is 6.42 Å². The van der Waals surface area contributed by atoms with Crippen molar-refractivity contribution in [3.05, 3.63) is 97.8 Å². The Kier molecular flexibility index (Phi) is 9.13. The number of nitrogens with one attached hydrogen (secondary N) is 1. The van der Waals surface area contributed by atoms with E-state index in [4.69, 9.17) is 44.7 Å². The van der Waals surface area contributed by atoms with E-state index in [2.05, 4.69) is 52.6 Å². The number of hydrogen-bond acceptors (Lipinski definition) is 4. The molecule has 0 bridgehead atoms. The Morgan fingerprint density at radius 2 is 1.76 bits per heavy atom. The van der Waals surface area contributed by atoms with Crippen LogP contribution in [0.1, 0.15) is 73.6 Å². The number of ether oxygens (including phenoxy) is 1. The lowest BCUT2D eigenvalue weighted by atomic mass is 9.87. The molecule has 2 aliphatic carbocycles. The van der Waals surface area contributed by atoms with E-state index in [9.17, 15) is 4.39 Å². The highest BCUT2D eigenvalue weighted by atomic mass is 35.5. The lowest BCUT2D eigenvalue weighted by molar-refractivity contribution is 0.203. The Balaban J connectivity index is 1.34. The van der Waals surface area contributed by atoms with Crippen molar-refractivity contribution in [1.82, 2.24) is 10.1 Å². The number of rotatable bonds is 9. The van der Waals surface area contributed by atoms with Gasteiger partial charge in [0, 0.05) is 15.6 Å². The van der Waals surface area contributed by atoms with Crippen LogP contribution in [0.15, 0.2) is 65.2 Å². The number of hydrogen-bond donors (Lipinski definition) is 1. The molecule has 8 heteroatoms. The van der Waals surface area contributed by atoms with Gasteiger partial charge in [-0.15, -0.1) is 0 Å². The SMILES string of the molecule is FCCCCC1CC[C@H](Oc2ccc(C3=C(c4ccc(Cl)cc4Cl)CCCc4cc(-c5nc(=S)o[nH]5)ccc43)cc2)C1. The number of aromatic nitrogens is 2. The standard InChI is InChI=1S/C34H33Cl2FN2O2S/c35-25-11-16-29(31(36)20-25)30-6-3-5-23-19-24(33-38-34(42)41-39-33)10-15-28(23)32(30)22-8-13-26(14-9-22)40-27-12-7-21(18-27)4-1-2-17-37/h8-11,13-16,19-21,27H,1-7,12,17-18H2,(H,38,39,42)/t21?,27-/m0/s1. The van der Waals surface area contributed by atoms with Crippen molar-refractivity contribution in [2.24, 2.45) is 5.92 Å². The predicted molar refractivity (Wildman–Crippen MR) is 170 cm³/mol. The summed E-state index contributed by atoms with van der Waals surface area (Å²) in [4.78, 5) is 4.50. The number of unbranched alkanes of at least 4 members (excludes halogenated alkanes) is 1. The van der Waals surface area contributed by atoms with Crippen molar-refractivity contribution in [2.75, 3.05) is 6.67 Å². The summed E-state index contributed by atoms with van der Waals surface area (Å²) in [5.74, 6) is 2.14. The number of benzene rings is 3. The van der Waals surface area contributed by atoms with Gasteiger partial charge in [-0.3, -0.25) is 4.39 Å². The van der Waals surface area contributed by atoms with Gasteiger partial charge in [-0.25, -0.2) is 5.16 Å². The summed E-state index contributed by atoms with van der Waals surface area (Å²) in [7, 11) is 0. The van der Waals surface area contributed by atoms with Gasteiger partial charge in [-0.05, 0) is 127 Å². The average Bonchev–Trinajstić information content (AvgIpc) is 3.58. The molecule has 0 radical (unpaired) electrons. The van der Waals surface area contributed by atoms with Crippen LogP contribution in [0.2, 0.25) is 10.0 Å². The lowest BCUT2D eigenvalue weighted by Gasteiger charge is -2.19. The van der Waals surface area contributed by atoms with Gasteiger partial charge in [0.2, 0.25) is 0 Å². The maximum Gasteiger partial charge on any atom is 0.314 e. The maximum atomic E-state index is 12.5. The molecular weight excluding hydrogens is 590 g/mol. The highest BCUT2D eigenvalue weighted by molar-refractivity contribution is 7.71. The minimum absolute atomic E-state index is 0.187. The lowest BCUT2D eigenvalue weighted by Crippen LogP contribution is -2.12. The first kappa shape index (κ1) is 29.2. The molecule has 1 unspecified atom stereocenters. The minimum atomic E-state index is -0.219. The van der Waals surface area contributed by atoms with Gasteiger partial charge in [0.05, 0.1) is 12.8 Å². The highest BCUT2D eigenvalue weighted by Gasteiger charge is 2.26.